The second-order valence-electron chi connectivity index (χ2n) is 5.02. The summed E-state index contributed by atoms with van der Waals surface area (Å²) < 4.78 is 15.1. The maximum atomic E-state index is 14.0. The van der Waals surface area contributed by atoms with Crippen molar-refractivity contribution in [3.05, 3.63) is 54.9 Å². The second kappa shape index (κ2) is 7.73. The maximum absolute atomic E-state index is 14.0. The van der Waals surface area contributed by atoms with Crippen molar-refractivity contribution in [3.63, 3.8) is 0 Å². The molecule has 1 aromatic heterocycles. The molecule has 114 valence electrons. The fraction of sp³-hybridized carbons (Fsp3) is 0.375. The molecule has 1 unspecified atom stereocenters. The Kier molecular flexibility index (Phi) is 6.23. The van der Waals surface area contributed by atoms with Gasteiger partial charge in [0.15, 0.2) is 0 Å². The lowest BCUT2D eigenvalue weighted by atomic mass is 10.0. The van der Waals surface area contributed by atoms with Gasteiger partial charge in [0.05, 0.1) is 3.79 Å². The summed E-state index contributed by atoms with van der Waals surface area (Å²) >= 11 is 11.4. The van der Waals surface area contributed by atoms with E-state index in [4.69, 9.17) is 11.6 Å². The number of nitrogens with one attached hydrogen (secondary N) is 1. The number of hydrogen-bond donors (Lipinski definition) is 1. The molecule has 0 spiro atoms. The minimum atomic E-state index is -0.238. The van der Waals surface area contributed by atoms with Crippen LogP contribution in [0.15, 0.2) is 28.1 Å². The molecule has 1 N–H and O–H groups in total. The van der Waals surface area contributed by atoms with Crippen molar-refractivity contribution in [2.75, 3.05) is 6.54 Å². The van der Waals surface area contributed by atoms with E-state index >= 15 is 0 Å². The van der Waals surface area contributed by atoms with E-state index in [9.17, 15) is 4.39 Å². The number of hydrogen-bond acceptors (Lipinski definition) is 2. The van der Waals surface area contributed by atoms with Crippen molar-refractivity contribution in [2.45, 2.75) is 32.7 Å². The zero-order chi connectivity index (χ0) is 15.4. The molecule has 0 aliphatic rings. The highest BCUT2D eigenvalue weighted by atomic mass is 79.9. The predicted molar refractivity (Wildman–Crippen MR) is 92.9 cm³/mol. The number of halogens is 3. The summed E-state index contributed by atoms with van der Waals surface area (Å²) in [6, 6.07) is 7.08. The molecule has 0 aliphatic carbocycles. The average Bonchev–Trinajstić information content (AvgIpc) is 2.77. The topological polar surface area (TPSA) is 12.0 Å². The summed E-state index contributed by atoms with van der Waals surface area (Å²) in [5.74, 6) is -0.238. The van der Waals surface area contributed by atoms with Gasteiger partial charge in [-0.1, -0.05) is 24.6 Å². The van der Waals surface area contributed by atoms with Crippen LogP contribution >= 0.6 is 38.9 Å². The van der Waals surface area contributed by atoms with Crippen LogP contribution in [-0.4, -0.2) is 6.54 Å². The van der Waals surface area contributed by atoms with E-state index in [1.165, 1.54) is 16.5 Å². The van der Waals surface area contributed by atoms with Crippen molar-refractivity contribution in [1.82, 2.24) is 5.32 Å². The summed E-state index contributed by atoms with van der Waals surface area (Å²) in [6.07, 6.45) is 1.59. The molecule has 0 saturated carbocycles. The van der Waals surface area contributed by atoms with E-state index in [1.807, 2.05) is 0 Å². The fourth-order valence-corrected chi connectivity index (χ4v) is 4.07. The molecule has 5 heteroatoms. The van der Waals surface area contributed by atoms with Gasteiger partial charge in [0.25, 0.3) is 0 Å². The Bertz CT molecular complexity index is 575. The van der Waals surface area contributed by atoms with E-state index in [1.54, 1.807) is 23.5 Å². The third-order valence-corrected chi connectivity index (χ3v) is 5.93. The average molecular weight is 391 g/mol. The van der Waals surface area contributed by atoms with Gasteiger partial charge in [-0.25, -0.2) is 4.39 Å². The normalized spacial score (nSPS) is 12.6. The summed E-state index contributed by atoms with van der Waals surface area (Å²) in [4.78, 5) is 1.20. The quantitative estimate of drug-likeness (QED) is 0.648. The second-order valence-corrected chi connectivity index (χ2v) is 7.83. The number of thiophene rings is 1. The van der Waals surface area contributed by atoms with Crippen LogP contribution in [0, 0.1) is 12.7 Å². The number of benzene rings is 1. The lowest BCUT2D eigenvalue weighted by molar-refractivity contribution is 0.519. The minimum absolute atomic E-state index is 0.0781. The summed E-state index contributed by atoms with van der Waals surface area (Å²) in [7, 11) is 0. The van der Waals surface area contributed by atoms with E-state index < -0.39 is 0 Å². The standard InChI is InChI=1S/C16H18BrClFNS/c1-3-7-20-14(15-8-10(2)16(17)21-15)9-11-12(18)5-4-6-13(11)19/h4-6,8,14,20H,3,7,9H2,1-2H3. The Morgan fingerprint density at radius 1 is 1.43 bits per heavy atom. The molecule has 1 aromatic carbocycles. The maximum Gasteiger partial charge on any atom is 0.127 e. The van der Waals surface area contributed by atoms with Gasteiger partial charge in [-0.3, -0.25) is 0 Å². The molecule has 1 heterocycles. The smallest absolute Gasteiger partial charge is 0.127 e. The minimum Gasteiger partial charge on any atom is -0.309 e. The largest absolute Gasteiger partial charge is 0.309 e. The molecule has 0 amide bonds. The van der Waals surface area contributed by atoms with Crippen LogP contribution in [0.5, 0.6) is 0 Å². The first kappa shape index (κ1) is 16.9. The summed E-state index contributed by atoms with van der Waals surface area (Å²) in [5, 5.41) is 3.98. The zero-order valence-corrected chi connectivity index (χ0v) is 15.2. The summed E-state index contributed by atoms with van der Waals surface area (Å²) in [6.45, 7) is 5.08. The SMILES string of the molecule is CCCNC(Cc1c(F)cccc1Cl)c1cc(C)c(Br)s1. The van der Waals surface area contributed by atoms with Gasteiger partial charge in [0, 0.05) is 21.5 Å². The van der Waals surface area contributed by atoms with E-state index in [0.29, 0.717) is 17.0 Å². The molecule has 1 nitrogen and oxygen atoms in total. The van der Waals surface area contributed by atoms with Gasteiger partial charge in [-0.15, -0.1) is 11.3 Å². The number of rotatable bonds is 6. The number of aryl methyl sites for hydroxylation is 1. The predicted octanol–water partition coefficient (Wildman–Crippen LogP) is 5.89. The molecule has 0 aliphatic heterocycles. The molecule has 0 saturated heterocycles. The van der Waals surface area contributed by atoms with Gasteiger partial charge in [-0.2, -0.15) is 0 Å². The van der Waals surface area contributed by atoms with Crippen LogP contribution in [0.4, 0.5) is 4.39 Å². The van der Waals surface area contributed by atoms with Crippen LogP contribution in [0.3, 0.4) is 0 Å². The fourth-order valence-electron chi connectivity index (χ4n) is 2.18. The Morgan fingerprint density at radius 2 is 2.19 bits per heavy atom. The first-order chi connectivity index (χ1) is 10.0. The van der Waals surface area contributed by atoms with Crippen molar-refractivity contribution in [1.29, 1.82) is 0 Å². The molecule has 2 rings (SSSR count). The van der Waals surface area contributed by atoms with Crippen LogP contribution in [0.2, 0.25) is 5.02 Å². The Balaban J connectivity index is 2.28. The highest BCUT2D eigenvalue weighted by molar-refractivity contribution is 9.11. The van der Waals surface area contributed by atoms with Crippen molar-refractivity contribution in [3.8, 4) is 0 Å². The lowest BCUT2D eigenvalue weighted by Crippen LogP contribution is -2.23. The molecular formula is C16H18BrClFNS. The van der Waals surface area contributed by atoms with Gasteiger partial charge in [0.2, 0.25) is 0 Å². The van der Waals surface area contributed by atoms with E-state index in [2.05, 4.69) is 41.2 Å². The van der Waals surface area contributed by atoms with Crippen LogP contribution in [0.1, 0.15) is 35.4 Å². The van der Waals surface area contributed by atoms with Crippen LogP contribution in [0.25, 0.3) is 0 Å². The van der Waals surface area contributed by atoms with Crippen molar-refractivity contribution in [2.24, 2.45) is 0 Å². The highest BCUT2D eigenvalue weighted by Crippen LogP contribution is 2.34. The van der Waals surface area contributed by atoms with Crippen LogP contribution < -0.4 is 5.32 Å². The van der Waals surface area contributed by atoms with Crippen molar-refractivity contribution >= 4 is 38.9 Å². The Labute approximate surface area is 142 Å². The lowest BCUT2D eigenvalue weighted by Gasteiger charge is -2.18. The molecule has 1 atom stereocenters. The molecule has 2 aromatic rings. The van der Waals surface area contributed by atoms with Crippen LogP contribution in [-0.2, 0) is 6.42 Å². The Hall–Kier alpha value is -0.420. The Morgan fingerprint density at radius 3 is 2.76 bits per heavy atom. The third kappa shape index (κ3) is 4.28. The van der Waals surface area contributed by atoms with Gasteiger partial charge < -0.3 is 5.32 Å². The van der Waals surface area contributed by atoms with E-state index in [-0.39, 0.29) is 11.9 Å². The zero-order valence-electron chi connectivity index (χ0n) is 12.1. The first-order valence-electron chi connectivity index (χ1n) is 6.95. The van der Waals surface area contributed by atoms with Crippen molar-refractivity contribution < 1.29 is 4.39 Å². The van der Waals surface area contributed by atoms with Gasteiger partial charge in [-0.05, 0) is 66.0 Å². The molecular weight excluding hydrogens is 373 g/mol. The molecule has 21 heavy (non-hydrogen) atoms. The van der Waals surface area contributed by atoms with Gasteiger partial charge >= 0.3 is 0 Å². The third-order valence-electron chi connectivity index (χ3n) is 3.33. The highest BCUT2D eigenvalue weighted by Gasteiger charge is 2.18. The molecule has 0 radical (unpaired) electrons. The van der Waals surface area contributed by atoms with E-state index in [0.717, 1.165) is 16.8 Å². The molecule has 0 fully saturated rings. The van der Waals surface area contributed by atoms with Gasteiger partial charge in [0.1, 0.15) is 5.82 Å². The first-order valence-corrected chi connectivity index (χ1v) is 8.93. The molecule has 0 bridgehead atoms. The summed E-state index contributed by atoms with van der Waals surface area (Å²) in [5.41, 5.74) is 1.79. The monoisotopic (exact) mass is 389 g/mol.